The van der Waals surface area contributed by atoms with E-state index in [-0.39, 0.29) is 0 Å². The zero-order chi connectivity index (χ0) is 22.4. The van der Waals surface area contributed by atoms with Gasteiger partial charge >= 0.3 is 5.97 Å². The molecule has 2 aromatic heterocycles. The van der Waals surface area contributed by atoms with Crippen molar-refractivity contribution in [1.29, 1.82) is 0 Å². The Morgan fingerprint density at radius 1 is 1.22 bits per heavy atom. The highest BCUT2D eigenvalue weighted by molar-refractivity contribution is 7.18. The van der Waals surface area contributed by atoms with Gasteiger partial charge in [0.1, 0.15) is 0 Å². The molecule has 1 aromatic carbocycles. The number of halogens is 1. The normalized spacial score (nSPS) is 16.7. The van der Waals surface area contributed by atoms with Gasteiger partial charge in [0.2, 0.25) is 5.82 Å². The van der Waals surface area contributed by atoms with Gasteiger partial charge in [0, 0.05) is 36.9 Å². The van der Waals surface area contributed by atoms with E-state index < -0.39 is 12.0 Å². The minimum Gasteiger partial charge on any atom is -0.480 e. The number of anilines is 2. The molecule has 2 aliphatic rings. The average molecular weight is 472 g/mol. The van der Waals surface area contributed by atoms with Crippen LogP contribution in [0.2, 0.25) is 5.02 Å². The van der Waals surface area contributed by atoms with Crippen molar-refractivity contribution in [2.24, 2.45) is 0 Å². The maximum atomic E-state index is 11.3. The fraction of sp³-hybridized carbons (Fsp3) is 0.381. The molecule has 3 aromatic rings. The van der Waals surface area contributed by atoms with Gasteiger partial charge in [-0.3, -0.25) is 0 Å². The molecule has 0 amide bonds. The minimum absolute atomic E-state index is 0.385. The predicted octanol–water partition coefficient (Wildman–Crippen LogP) is 3.43. The van der Waals surface area contributed by atoms with Crippen LogP contribution in [0.4, 0.5) is 10.8 Å². The van der Waals surface area contributed by atoms with E-state index in [1.54, 1.807) is 13.1 Å². The summed E-state index contributed by atoms with van der Waals surface area (Å²) in [5.41, 5.74) is 5.27. The number of carboxylic acids is 1. The summed E-state index contributed by atoms with van der Waals surface area (Å²) in [6.07, 6.45) is 2.12. The monoisotopic (exact) mass is 471 g/mol. The summed E-state index contributed by atoms with van der Waals surface area (Å²) in [5.74, 6) is -0.572. The second-order valence-electron chi connectivity index (χ2n) is 8.05. The maximum absolute atomic E-state index is 11.3. The van der Waals surface area contributed by atoms with Crippen LogP contribution in [-0.4, -0.2) is 62.4 Å². The van der Waals surface area contributed by atoms with E-state index in [4.69, 9.17) is 11.6 Å². The Labute approximate surface area is 193 Å². The van der Waals surface area contributed by atoms with Gasteiger partial charge in [-0.15, -0.1) is 15.0 Å². The van der Waals surface area contributed by atoms with Crippen LogP contribution < -0.4 is 9.80 Å². The molecule has 11 heteroatoms. The molecule has 0 fully saturated rings. The summed E-state index contributed by atoms with van der Waals surface area (Å²) in [7, 11) is 0. The third kappa shape index (κ3) is 3.73. The van der Waals surface area contributed by atoms with Crippen LogP contribution in [0, 0.1) is 6.92 Å². The highest BCUT2D eigenvalue weighted by atomic mass is 35.5. The van der Waals surface area contributed by atoms with Gasteiger partial charge in [-0.05, 0) is 47.4 Å². The predicted molar refractivity (Wildman–Crippen MR) is 124 cm³/mol. The number of hydrogen-bond acceptors (Lipinski definition) is 8. The van der Waals surface area contributed by atoms with Crippen LogP contribution in [0.5, 0.6) is 0 Å². The number of rotatable bonds is 6. The smallest absolute Gasteiger partial charge is 0.330 e. The number of carboxylic acid groups (broad SMARTS) is 1. The molecular formula is C21H22ClN7O2S. The van der Waals surface area contributed by atoms with Gasteiger partial charge < -0.3 is 14.9 Å². The van der Waals surface area contributed by atoms with Crippen molar-refractivity contribution < 1.29 is 9.90 Å². The summed E-state index contributed by atoms with van der Waals surface area (Å²) in [6, 6.07) is 5.21. The van der Waals surface area contributed by atoms with Crippen LogP contribution in [0.1, 0.15) is 24.9 Å². The first-order valence-corrected chi connectivity index (χ1v) is 11.6. The van der Waals surface area contributed by atoms with Gasteiger partial charge in [0.15, 0.2) is 11.2 Å². The molecule has 0 spiro atoms. The highest BCUT2D eigenvalue weighted by Gasteiger charge is 2.32. The number of tetrazole rings is 1. The molecule has 1 unspecified atom stereocenters. The Kier molecular flexibility index (Phi) is 5.34. The Bertz CT molecular complexity index is 1200. The fourth-order valence-electron chi connectivity index (χ4n) is 4.22. The topological polar surface area (TPSA) is 100 Å². The van der Waals surface area contributed by atoms with Crippen molar-refractivity contribution in [2.75, 3.05) is 36.0 Å². The Hall–Kier alpha value is -2.98. The largest absolute Gasteiger partial charge is 0.480 e. The number of aliphatic carboxylic acids is 1. The molecular weight excluding hydrogens is 450 g/mol. The Morgan fingerprint density at radius 3 is 2.62 bits per heavy atom. The minimum atomic E-state index is -0.971. The highest BCUT2D eigenvalue weighted by Crippen LogP contribution is 2.36. The summed E-state index contributed by atoms with van der Waals surface area (Å²) in [6.45, 7) is 7.37. The summed E-state index contributed by atoms with van der Waals surface area (Å²) in [5, 5.41) is 23.2. The first kappa shape index (κ1) is 20.9. The molecule has 4 heterocycles. The van der Waals surface area contributed by atoms with Crippen molar-refractivity contribution in [3.63, 3.8) is 0 Å². The van der Waals surface area contributed by atoms with Crippen LogP contribution in [-0.2, 0) is 4.79 Å². The van der Waals surface area contributed by atoms with Crippen LogP contribution in [0.25, 0.3) is 10.7 Å². The fourth-order valence-corrected chi connectivity index (χ4v) is 5.22. The summed E-state index contributed by atoms with van der Waals surface area (Å²) < 4.78 is 0. The van der Waals surface area contributed by atoms with Gasteiger partial charge in [-0.25, -0.2) is 9.78 Å². The summed E-state index contributed by atoms with van der Waals surface area (Å²) in [4.78, 5) is 22.5. The Morgan fingerprint density at radius 2 is 1.94 bits per heavy atom. The van der Waals surface area contributed by atoms with E-state index in [9.17, 15) is 9.90 Å². The average Bonchev–Trinajstić information content (AvgIpc) is 3.52. The van der Waals surface area contributed by atoms with Gasteiger partial charge in [0.05, 0.1) is 11.1 Å². The first-order valence-electron chi connectivity index (χ1n) is 10.4. The van der Waals surface area contributed by atoms with Crippen LogP contribution in [0.3, 0.4) is 0 Å². The van der Waals surface area contributed by atoms with Crippen molar-refractivity contribution in [3.05, 3.63) is 46.1 Å². The quantitative estimate of drug-likeness (QED) is 0.546. The van der Waals surface area contributed by atoms with E-state index in [1.165, 1.54) is 33.7 Å². The molecule has 1 atom stereocenters. The molecule has 32 heavy (non-hydrogen) atoms. The number of carbonyl (C=O) groups is 1. The van der Waals surface area contributed by atoms with Crippen molar-refractivity contribution in [3.8, 4) is 10.7 Å². The van der Waals surface area contributed by atoms with E-state index in [1.807, 2.05) is 12.1 Å². The molecule has 0 bridgehead atoms. The molecule has 9 nitrogen and oxygen atoms in total. The van der Waals surface area contributed by atoms with Crippen molar-refractivity contribution in [1.82, 2.24) is 25.2 Å². The van der Waals surface area contributed by atoms with E-state index >= 15 is 0 Å². The lowest BCUT2D eigenvalue weighted by Crippen LogP contribution is -2.30. The van der Waals surface area contributed by atoms with E-state index in [0.717, 1.165) is 46.0 Å². The lowest BCUT2D eigenvalue weighted by atomic mass is 10.2. The third-order valence-corrected chi connectivity index (χ3v) is 7.19. The standard InChI is InChI=1S/C21H22ClN7O2S/c1-3-16(20(30)31)29-25-19(24-26-29)18-7-23-21(32-18)28-10-13-8-27(9-14(13)11-28)17-6-15(22)5-4-12(17)2/h4-7,16H,3,8-11H2,1-2H3,(H,30,31). The van der Waals surface area contributed by atoms with Crippen LogP contribution in [0.15, 0.2) is 35.5 Å². The molecule has 0 aliphatic carbocycles. The second kappa shape index (κ2) is 8.18. The zero-order valence-electron chi connectivity index (χ0n) is 17.7. The number of hydrogen-bond donors (Lipinski definition) is 1. The van der Waals surface area contributed by atoms with E-state index in [0.29, 0.717) is 12.2 Å². The molecule has 0 saturated heterocycles. The lowest BCUT2D eigenvalue weighted by Gasteiger charge is -2.25. The number of thiazole rings is 1. The van der Waals surface area contributed by atoms with Gasteiger partial charge in [0.25, 0.3) is 0 Å². The number of benzene rings is 1. The lowest BCUT2D eigenvalue weighted by molar-refractivity contribution is -0.141. The SMILES string of the molecule is CCC(C(=O)O)n1nnc(-c2cnc(N3CC4=C(C3)CN(c3cc(Cl)ccc3C)C4)s2)n1. The zero-order valence-corrected chi connectivity index (χ0v) is 19.3. The number of aryl methyl sites for hydroxylation is 1. The molecule has 2 aliphatic heterocycles. The third-order valence-electron chi connectivity index (χ3n) is 5.90. The van der Waals surface area contributed by atoms with Crippen molar-refractivity contribution in [2.45, 2.75) is 26.3 Å². The molecule has 0 saturated carbocycles. The maximum Gasteiger partial charge on any atom is 0.330 e. The Balaban J connectivity index is 1.26. The summed E-state index contributed by atoms with van der Waals surface area (Å²) >= 11 is 7.71. The van der Waals surface area contributed by atoms with E-state index in [2.05, 4.69) is 43.2 Å². The van der Waals surface area contributed by atoms with Crippen molar-refractivity contribution >= 4 is 39.7 Å². The van der Waals surface area contributed by atoms with Gasteiger partial charge in [-0.2, -0.15) is 0 Å². The number of nitrogens with zero attached hydrogens (tertiary/aromatic N) is 7. The molecule has 1 N–H and O–H groups in total. The molecule has 0 radical (unpaired) electrons. The van der Waals surface area contributed by atoms with Crippen LogP contribution >= 0.6 is 22.9 Å². The molecule has 5 rings (SSSR count). The number of aromatic nitrogens is 5. The first-order chi connectivity index (χ1) is 15.4. The molecule has 166 valence electrons. The van der Waals surface area contributed by atoms with Gasteiger partial charge in [-0.1, -0.05) is 35.9 Å². The second-order valence-corrected chi connectivity index (χ2v) is 9.50.